The SMILES string of the molecule is CCCCCSC(CO)C(N)C(C)(C)C. The number of thioether (sulfide) groups is 1. The van der Waals surface area contributed by atoms with Crippen molar-refractivity contribution in [3.05, 3.63) is 0 Å². The Labute approximate surface area is 99.0 Å². The molecule has 0 radical (unpaired) electrons. The van der Waals surface area contributed by atoms with E-state index >= 15 is 0 Å². The summed E-state index contributed by atoms with van der Waals surface area (Å²) >= 11 is 1.82. The first-order valence-corrected chi connectivity index (χ1v) is 6.96. The van der Waals surface area contributed by atoms with Crippen LogP contribution in [-0.4, -0.2) is 28.8 Å². The Kier molecular flexibility index (Phi) is 7.66. The minimum absolute atomic E-state index is 0.0640. The predicted octanol–water partition coefficient (Wildman–Crippen LogP) is 2.64. The van der Waals surface area contributed by atoms with Crippen molar-refractivity contribution in [1.29, 1.82) is 0 Å². The van der Waals surface area contributed by atoms with Crippen LogP contribution in [0.1, 0.15) is 47.0 Å². The van der Waals surface area contributed by atoms with E-state index in [0.717, 1.165) is 5.75 Å². The molecule has 0 saturated carbocycles. The molecule has 0 saturated heterocycles. The fraction of sp³-hybridized carbons (Fsp3) is 1.00. The quantitative estimate of drug-likeness (QED) is 0.665. The van der Waals surface area contributed by atoms with E-state index in [-0.39, 0.29) is 23.3 Å². The molecule has 0 aliphatic carbocycles. The summed E-state index contributed by atoms with van der Waals surface area (Å²) in [6, 6.07) is 0.0640. The van der Waals surface area contributed by atoms with Gasteiger partial charge in [-0.2, -0.15) is 11.8 Å². The largest absolute Gasteiger partial charge is 0.395 e. The van der Waals surface area contributed by atoms with Gasteiger partial charge in [0.2, 0.25) is 0 Å². The fourth-order valence-electron chi connectivity index (χ4n) is 1.41. The zero-order chi connectivity index (χ0) is 11.9. The smallest absolute Gasteiger partial charge is 0.0565 e. The van der Waals surface area contributed by atoms with Crippen LogP contribution in [0.5, 0.6) is 0 Å². The maximum absolute atomic E-state index is 9.32. The van der Waals surface area contributed by atoms with Gasteiger partial charge in [-0.15, -0.1) is 0 Å². The Morgan fingerprint density at radius 2 is 1.87 bits per heavy atom. The zero-order valence-corrected chi connectivity index (χ0v) is 11.4. The Balaban J connectivity index is 3.91. The average molecular weight is 233 g/mol. The van der Waals surface area contributed by atoms with Crippen LogP contribution in [0, 0.1) is 5.41 Å². The molecule has 0 aliphatic rings. The van der Waals surface area contributed by atoms with Crippen molar-refractivity contribution < 1.29 is 5.11 Å². The molecule has 0 aromatic rings. The summed E-state index contributed by atoms with van der Waals surface area (Å²) in [6.45, 7) is 8.79. The van der Waals surface area contributed by atoms with Crippen LogP contribution in [0.3, 0.4) is 0 Å². The molecule has 2 unspecified atom stereocenters. The van der Waals surface area contributed by atoms with Crippen LogP contribution in [0.4, 0.5) is 0 Å². The molecule has 3 heteroatoms. The third kappa shape index (κ3) is 6.44. The second-order valence-corrected chi connectivity index (χ2v) is 6.54. The van der Waals surface area contributed by atoms with Crippen molar-refractivity contribution >= 4 is 11.8 Å². The Bertz CT molecular complexity index is 156. The Hall–Kier alpha value is 0.270. The molecular formula is C12H27NOS. The molecule has 0 rings (SSSR count). The van der Waals surface area contributed by atoms with Crippen LogP contribution in [0.2, 0.25) is 0 Å². The first kappa shape index (κ1) is 15.3. The van der Waals surface area contributed by atoms with Gasteiger partial charge in [0.15, 0.2) is 0 Å². The van der Waals surface area contributed by atoms with Crippen LogP contribution in [0.25, 0.3) is 0 Å². The van der Waals surface area contributed by atoms with Gasteiger partial charge in [-0.3, -0.25) is 0 Å². The second kappa shape index (κ2) is 7.53. The molecule has 15 heavy (non-hydrogen) atoms. The van der Waals surface area contributed by atoms with E-state index in [1.807, 2.05) is 11.8 Å². The number of aliphatic hydroxyl groups excluding tert-OH is 1. The van der Waals surface area contributed by atoms with E-state index in [1.165, 1.54) is 19.3 Å². The summed E-state index contributed by atoms with van der Waals surface area (Å²) in [5.74, 6) is 1.11. The van der Waals surface area contributed by atoms with Crippen LogP contribution < -0.4 is 5.73 Å². The lowest BCUT2D eigenvalue weighted by Gasteiger charge is -2.32. The zero-order valence-electron chi connectivity index (χ0n) is 10.6. The van der Waals surface area contributed by atoms with Gasteiger partial charge in [0, 0.05) is 11.3 Å². The summed E-state index contributed by atoms with van der Waals surface area (Å²) in [6.07, 6.45) is 3.75. The maximum atomic E-state index is 9.32. The van der Waals surface area contributed by atoms with Crippen molar-refractivity contribution in [2.24, 2.45) is 11.1 Å². The lowest BCUT2D eigenvalue weighted by atomic mass is 9.85. The highest BCUT2D eigenvalue weighted by atomic mass is 32.2. The van der Waals surface area contributed by atoms with Gasteiger partial charge < -0.3 is 10.8 Å². The molecule has 3 N–H and O–H groups in total. The maximum Gasteiger partial charge on any atom is 0.0565 e. The van der Waals surface area contributed by atoms with Crippen molar-refractivity contribution in [3.8, 4) is 0 Å². The van der Waals surface area contributed by atoms with Crippen molar-refractivity contribution in [3.63, 3.8) is 0 Å². The van der Waals surface area contributed by atoms with Crippen molar-refractivity contribution in [2.75, 3.05) is 12.4 Å². The molecule has 0 aromatic heterocycles. The lowest BCUT2D eigenvalue weighted by molar-refractivity contribution is 0.233. The number of hydrogen-bond acceptors (Lipinski definition) is 3. The number of rotatable bonds is 7. The minimum Gasteiger partial charge on any atom is -0.395 e. The number of hydrogen-bond donors (Lipinski definition) is 2. The molecule has 0 aliphatic heterocycles. The van der Waals surface area contributed by atoms with Crippen molar-refractivity contribution in [1.82, 2.24) is 0 Å². The molecule has 0 spiro atoms. The van der Waals surface area contributed by atoms with E-state index in [1.54, 1.807) is 0 Å². The van der Waals surface area contributed by atoms with Gasteiger partial charge in [0.1, 0.15) is 0 Å². The predicted molar refractivity (Wildman–Crippen MR) is 70.3 cm³/mol. The van der Waals surface area contributed by atoms with E-state index in [2.05, 4.69) is 27.7 Å². The summed E-state index contributed by atoms with van der Waals surface area (Å²) in [5, 5.41) is 9.50. The van der Waals surface area contributed by atoms with Gasteiger partial charge >= 0.3 is 0 Å². The number of unbranched alkanes of at least 4 members (excludes halogenated alkanes) is 2. The molecular weight excluding hydrogens is 206 g/mol. The molecule has 0 bridgehead atoms. The van der Waals surface area contributed by atoms with Gasteiger partial charge in [-0.1, -0.05) is 40.5 Å². The molecule has 2 atom stereocenters. The Morgan fingerprint density at radius 1 is 1.27 bits per heavy atom. The van der Waals surface area contributed by atoms with E-state index < -0.39 is 0 Å². The topological polar surface area (TPSA) is 46.2 Å². The molecule has 0 heterocycles. The van der Waals surface area contributed by atoms with E-state index in [4.69, 9.17) is 5.73 Å². The van der Waals surface area contributed by atoms with Gasteiger partial charge in [-0.05, 0) is 17.6 Å². The highest BCUT2D eigenvalue weighted by Crippen LogP contribution is 2.27. The highest BCUT2D eigenvalue weighted by molar-refractivity contribution is 7.99. The number of nitrogens with two attached hydrogens (primary N) is 1. The van der Waals surface area contributed by atoms with Crippen LogP contribution >= 0.6 is 11.8 Å². The molecule has 92 valence electrons. The molecule has 0 aromatic carbocycles. The minimum atomic E-state index is 0.0640. The highest BCUT2D eigenvalue weighted by Gasteiger charge is 2.28. The van der Waals surface area contributed by atoms with Gasteiger partial charge in [0.05, 0.1) is 6.61 Å². The first-order valence-electron chi connectivity index (χ1n) is 5.91. The first-order chi connectivity index (χ1) is 6.93. The summed E-state index contributed by atoms with van der Waals surface area (Å²) in [7, 11) is 0. The van der Waals surface area contributed by atoms with Crippen LogP contribution in [-0.2, 0) is 0 Å². The normalized spacial score (nSPS) is 16.4. The summed E-state index contributed by atoms with van der Waals surface area (Å²) in [5.41, 5.74) is 6.21. The van der Waals surface area contributed by atoms with E-state index in [0.29, 0.717) is 0 Å². The third-order valence-corrected chi connectivity index (χ3v) is 4.06. The van der Waals surface area contributed by atoms with Crippen molar-refractivity contribution in [2.45, 2.75) is 58.2 Å². The fourth-order valence-corrected chi connectivity index (χ4v) is 2.81. The molecule has 0 amide bonds. The van der Waals surface area contributed by atoms with Crippen LogP contribution in [0.15, 0.2) is 0 Å². The van der Waals surface area contributed by atoms with Gasteiger partial charge in [-0.25, -0.2) is 0 Å². The molecule has 2 nitrogen and oxygen atoms in total. The average Bonchev–Trinajstić information content (AvgIpc) is 2.16. The number of aliphatic hydroxyl groups is 1. The van der Waals surface area contributed by atoms with Gasteiger partial charge in [0.25, 0.3) is 0 Å². The summed E-state index contributed by atoms with van der Waals surface area (Å²) in [4.78, 5) is 0. The van der Waals surface area contributed by atoms with E-state index in [9.17, 15) is 5.11 Å². The molecule has 0 fully saturated rings. The Morgan fingerprint density at radius 3 is 2.27 bits per heavy atom. The third-order valence-electron chi connectivity index (χ3n) is 2.66. The second-order valence-electron chi connectivity index (χ2n) is 5.19. The summed E-state index contributed by atoms with van der Waals surface area (Å²) < 4.78 is 0. The lowest BCUT2D eigenvalue weighted by Crippen LogP contribution is -2.45. The standard InChI is InChI=1S/C12H27NOS/c1-5-6-7-8-15-10(9-14)11(13)12(2,3)4/h10-11,14H,5-9,13H2,1-4H3. The monoisotopic (exact) mass is 233 g/mol.